The number of benzene rings is 4. The lowest BCUT2D eigenvalue weighted by molar-refractivity contribution is 0.217. The Balaban J connectivity index is 0.000000146. The molecular weight excluding hydrogens is 1670 g/mol. The van der Waals surface area contributed by atoms with Gasteiger partial charge in [-0.15, -0.1) is 6.42 Å². The van der Waals surface area contributed by atoms with E-state index < -0.39 is 47.0 Å². The van der Waals surface area contributed by atoms with Crippen LogP contribution in [0, 0.1) is 19.3 Å². The lowest BCUT2D eigenvalue weighted by Gasteiger charge is -2.24. The molecule has 4 fully saturated rings. The van der Waals surface area contributed by atoms with Gasteiger partial charge in [-0.3, -0.25) is 32.3 Å². The number of terminal acetylenes is 1. The summed E-state index contributed by atoms with van der Waals surface area (Å²) in [6.45, 7) is 8.54. The van der Waals surface area contributed by atoms with Crippen LogP contribution in [0.3, 0.4) is 0 Å². The summed E-state index contributed by atoms with van der Waals surface area (Å²) in [6.07, 6.45) is 24.5. The molecule has 13 aromatic rings. The molecule has 1 saturated carbocycles. The van der Waals surface area contributed by atoms with Gasteiger partial charge < -0.3 is 65.9 Å². The van der Waals surface area contributed by atoms with Gasteiger partial charge in [-0.1, -0.05) is 42.5 Å². The molecule has 0 bridgehead atoms. The summed E-state index contributed by atoms with van der Waals surface area (Å²) in [5.41, 5.74) is 7.94. The van der Waals surface area contributed by atoms with Crippen molar-refractivity contribution in [3.63, 3.8) is 0 Å². The zero-order valence-electron chi connectivity index (χ0n) is 69.9. The molecule has 3 aliphatic heterocycles. The minimum atomic E-state index is -3.79. The lowest BCUT2D eigenvalue weighted by atomic mass is 10.0. The minimum absolute atomic E-state index is 0.0152. The molecule has 9 aromatic heterocycles. The number of oxazole rings is 1. The van der Waals surface area contributed by atoms with Crippen LogP contribution in [0.25, 0.3) is 44.2 Å². The van der Waals surface area contributed by atoms with Crippen molar-refractivity contribution in [1.29, 1.82) is 0 Å². The molecule has 1 aliphatic carbocycles. The predicted octanol–water partition coefficient (Wildman–Crippen LogP) is 10.8. The first-order chi connectivity index (χ1) is 60.5. The number of nitrogens with one attached hydrogen (secondary N) is 8. The third kappa shape index (κ3) is 21.5. The van der Waals surface area contributed by atoms with E-state index in [4.69, 9.17) is 36.6 Å². The van der Waals surface area contributed by atoms with Gasteiger partial charge in [0.1, 0.15) is 22.8 Å². The van der Waals surface area contributed by atoms with E-state index in [1.807, 2.05) is 105 Å². The SMILES string of the molecule is C#Cc1cc2cnc(Nc3ccc(NC4CCN(C)C4)cc3)nc2n(Cc2ocnc2S(=O)CCN(C)C)c1=O.COCCS(=O)(=O)n1ccnc1Cn1c(=O)c(-c2ccc(C)cc2Cl)cc2cnc(Nc3ccc(NC4CCCNC4)cc3)nc21.O=c1ccc2cnc(Nc3ccc(NC4CCNCC4)cc3)nc2n1Cc1ccoc1S(=O)(=O)C1CCCC1. The lowest BCUT2D eigenvalue weighted by Crippen LogP contribution is -2.38. The van der Waals surface area contributed by atoms with Gasteiger partial charge in [0.2, 0.25) is 42.8 Å². The number of aromatic nitrogens is 12. The van der Waals surface area contributed by atoms with E-state index in [1.165, 1.54) is 51.9 Å². The van der Waals surface area contributed by atoms with Crippen LogP contribution < -0.4 is 59.2 Å². The van der Waals surface area contributed by atoms with E-state index in [0.29, 0.717) is 121 Å². The minimum Gasteiger partial charge on any atom is -0.453 e. The van der Waals surface area contributed by atoms with Gasteiger partial charge in [0.15, 0.2) is 17.2 Å². The number of halogens is 1. The third-order valence-corrected chi connectivity index (χ3v) is 27.7. The van der Waals surface area contributed by atoms with Crippen LogP contribution in [0.2, 0.25) is 5.02 Å². The maximum Gasteiger partial charge on any atom is 0.268 e. The molecule has 0 amide bonds. The van der Waals surface area contributed by atoms with E-state index in [-0.39, 0.29) is 60.0 Å². The standard InChI is InChI=1S/C32H35ClN8O4S.C28H32N8O3S.C28H32N6O4S/c1-21-5-10-26(28(33)16-21)27-17-22-18-36-32(38-24-8-6-23(7-9-24)37-25-4-3-11-34-19-25)39-30(22)40(31(27)42)20-29-35-12-13-41(29)46(43,44)15-14-45-2;1-5-19-14-20-15-29-28(32-22-8-6-21(7-9-22)31-23-10-11-35(4)16-23)33-25(20)36(27(19)37)17-24-26(30-18-39-24)40(38)13-12-34(2)3;35-25-10-5-19-17-30-28(32-22-8-6-21(7-9-22)31-23-11-14-29-15-12-23)33-26(19)34(25)18-20-13-16-38-27(20)39(36,37)24-3-1-2-4-24/h5-10,12-13,16-18,25,34,37H,3-4,11,14-15,19-20H2,1-2H3,(H,36,38,39);1,6-9,14-15,18,23,31H,10-13,16-17H2,2-4H3,(H,29,32,33);5-10,13,16-17,23-24,29,31H,1-4,11-12,14-15,18H2,(H,30,32,33). The van der Waals surface area contributed by atoms with Crippen LogP contribution in [-0.2, 0) is 55.0 Å². The van der Waals surface area contributed by atoms with Crippen molar-refractivity contribution in [3.05, 3.63) is 229 Å². The van der Waals surface area contributed by atoms with E-state index in [9.17, 15) is 35.4 Å². The quantitative estimate of drug-likeness (QED) is 0.0202. The number of imidazole rings is 1. The number of anilines is 9. The van der Waals surface area contributed by atoms with Crippen LogP contribution in [0.5, 0.6) is 0 Å². The second-order valence-electron chi connectivity index (χ2n) is 31.6. The summed E-state index contributed by atoms with van der Waals surface area (Å²) in [4.78, 5) is 80.5. The first-order valence-electron chi connectivity index (χ1n) is 41.4. The molecule has 4 aliphatic rings. The second kappa shape index (κ2) is 39.9. The van der Waals surface area contributed by atoms with E-state index >= 15 is 0 Å². The number of fused-ring (bicyclic) bond motifs is 3. The predicted molar refractivity (Wildman–Crippen MR) is 487 cm³/mol. The number of pyridine rings is 3. The van der Waals surface area contributed by atoms with Gasteiger partial charge in [-0.05, 0) is 208 Å². The third-order valence-electron chi connectivity index (χ3n) is 22.2. The molecule has 17 rings (SSSR count). The summed E-state index contributed by atoms with van der Waals surface area (Å²) in [5.74, 6) is 3.98. The number of likely N-dealkylation sites (N-methyl/N-ethyl adjacent to an activating group) is 1. The molecule has 8 N–H and O–H groups in total. The van der Waals surface area contributed by atoms with Gasteiger partial charge in [-0.25, -0.2) is 45.7 Å². The topological polar surface area (TPSA) is 398 Å². The number of sulfone groups is 1. The average molecular weight is 1770 g/mol. The number of piperidine rings is 2. The number of nitrogens with zero attached hydrogens (tertiary/aromatic N) is 14. The molecule has 33 nitrogen and oxygen atoms in total. The summed E-state index contributed by atoms with van der Waals surface area (Å²) >= 11 is 6.59. The Morgan fingerprint density at radius 2 is 1.22 bits per heavy atom. The molecule has 0 spiro atoms. The molecule has 37 heteroatoms. The molecule has 12 heterocycles. The highest BCUT2D eigenvalue weighted by molar-refractivity contribution is 7.92. The zero-order valence-corrected chi connectivity index (χ0v) is 73.1. The Kier molecular flexibility index (Phi) is 28.0. The Bertz CT molecular complexity index is 6500. The monoisotopic (exact) mass is 1770 g/mol. The Morgan fingerprint density at radius 3 is 1.82 bits per heavy atom. The molecule has 125 heavy (non-hydrogen) atoms. The van der Waals surface area contributed by atoms with Crippen molar-refractivity contribution < 1.29 is 34.6 Å². The number of methoxy groups -OCH3 is 1. The maximum absolute atomic E-state index is 14.2. The Hall–Kier alpha value is -12.1. The Morgan fingerprint density at radius 1 is 0.624 bits per heavy atom. The highest BCUT2D eigenvalue weighted by Gasteiger charge is 2.35. The van der Waals surface area contributed by atoms with Crippen LogP contribution in [-0.4, -0.2) is 204 Å². The van der Waals surface area contributed by atoms with Crippen molar-refractivity contribution in [1.82, 2.24) is 78.0 Å². The highest BCUT2D eigenvalue weighted by Crippen LogP contribution is 2.35. The zero-order chi connectivity index (χ0) is 87.3. The van der Waals surface area contributed by atoms with Gasteiger partial charge in [0.05, 0.1) is 59.9 Å². The molecule has 0 radical (unpaired) electrons. The van der Waals surface area contributed by atoms with Crippen molar-refractivity contribution in [2.45, 2.75) is 118 Å². The fourth-order valence-corrected chi connectivity index (χ4v) is 20.3. The fourth-order valence-electron chi connectivity index (χ4n) is 15.6. The Labute approximate surface area is 730 Å². The van der Waals surface area contributed by atoms with Crippen molar-refractivity contribution >= 4 is 127 Å². The second-order valence-corrected chi connectivity index (χ2v) is 37.6. The van der Waals surface area contributed by atoms with Crippen molar-refractivity contribution in [2.24, 2.45) is 0 Å². The van der Waals surface area contributed by atoms with Gasteiger partial charge in [-0.2, -0.15) is 15.0 Å². The first kappa shape index (κ1) is 87.8. The number of rotatable bonds is 29. The molecule has 4 aromatic carbocycles. The summed E-state index contributed by atoms with van der Waals surface area (Å²) in [7, 11) is -1.42. The molecule has 3 atom stereocenters. The molecule has 652 valence electrons. The molecule has 3 saturated heterocycles. The molecule has 3 unspecified atom stereocenters. The van der Waals surface area contributed by atoms with E-state index in [0.717, 1.165) is 128 Å². The largest absolute Gasteiger partial charge is 0.453 e. The van der Waals surface area contributed by atoms with Crippen LogP contribution in [0.15, 0.2) is 198 Å². The molecular formula is C88H99ClN22O11S3. The number of hydrogen-bond donors (Lipinski definition) is 8. The number of ether oxygens (including phenoxy) is 1. The number of aryl methyl sites for hydroxylation is 1. The first-order valence-corrected chi connectivity index (χ1v) is 46.3. The highest BCUT2D eigenvalue weighted by atomic mass is 35.5. The van der Waals surface area contributed by atoms with E-state index in [2.05, 4.69) is 95.3 Å². The summed E-state index contributed by atoms with van der Waals surface area (Å²) in [5, 5.41) is 29.2. The van der Waals surface area contributed by atoms with E-state index in [1.54, 1.807) is 55.0 Å². The van der Waals surface area contributed by atoms with Gasteiger partial charge in [0, 0.05) is 160 Å². The maximum atomic E-state index is 14.2. The smallest absolute Gasteiger partial charge is 0.268 e. The summed E-state index contributed by atoms with van der Waals surface area (Å²) in [6, 6.07) is 38.5. The normalized spacial score (nSPS) is 16.1. The van der Waals surface area contributed by atoms with Crippen LogP contribution >= 0.6 is 11.6 Å². The van der Waals surface area contributed by atoms with Crippen molar-refractivity contribution in [2.75, 3.05) is 124 Å². The summed E-state index contributed by atoms with van der Waals surface area (Å²) < 4.78 is 86.8. The van der Waals surface area contributed by atoms with Gasteiger partial charge >= 0.3 is 0 Å². The van der Waals surface area contributed by atoms with Crippen LogP contribution in [0.4, 0.5) is 52.0 Å². The van der Waals surface area contributed by atoms with Crippen LogP contribution in [0.1, 0.15) is 86.1 Å². The van der Waals surface area contributed by atoms with Crippen molar-refractivity contribution in [3.8, 4) is 23.5 Å². The number of likely N-dealkylation sites (tertiary alicyclic amines) is 1. The number of furan rings is 1. The van der Waals surface area contributed by atoms with Gasteiger partial charge in [0.25, 0.3) is 16.7 Å². The fraction of sp³-hybridized carbons (Fsp3) is 0.352. The number of hydrogen-bond acceptors (Lipinski definition) is 29. The average Bonchev–Trinajstić information content (AvgIpc) is 1.77.